The van der Waals surface area contributed by atoms with Crippen molar-refractivity contribution in [2.45, 2.75) is 45.2 Å². The molecule has 0 N–H and O–H groups in total. The predicted octanol–water partition coefficient (Wildman–Crippen LogP) is 3.52. The molecule has 106 valence electrons. The first-order valence-corrected chi connectivity index (χ1v) is 7.11. The van der Waals surface area contributed by atoms with Crippen molar-refractivity contribution < 1.29 is 4.39 Å². The monoisotopic (exact) mass is 264 g/mol. The largest absolute Gasteiger partial charge is 0.364 e. The summed E-state index contributed by atoms with van der Waals surface area (Å²) >= 11 is 0. The lowest BCUT2D eigenvalue weighted by molar-refractivity contribution is 0.235. The van der Waals surface area contributed by atoms with E-state index in [1.54, 1.807) is 12.1 Å². The minimum Gasteiger partial charge on any atom is -0.364 e. The van der Waals surface area contributed by atoms with E-state index in [1.165, 1.54) is 12.8 Å². The maximum atomic E-state index is 13.1. The zero-order valence-electron chi connectivity index (χ0n) is 12.5. The van der Waals surface area contributed by atoms with Gasteiger partial charge in [-0.05, 0) is 78.0 Å². The van der Waals surface area contributed by atoms with Crippen LogP contribution in [0.1, 0.15) is 33.6 Å². The van der Waals surface area contributed by atoms with Gasteiger partial charge in [0.25, 0.3) is 0 Å². The molecule has 0 aromatic heterocycles. The molecule has 1 aliphatic rings. The summed E-state index contributed by atoms with van der Waals surface area (Å²) in [5, 5.41) is 0. The number of likely N-dealkylation sites (tertiary alicyclic amines) is 1. The molecule has 0 amide bonds. The highest BCUT2D eigenvalue weighted by Gasteiger charge is 2.31. The van der Waals surface area contributed by atoms with Crippen LogP contribution in [-0.2, 0) is 0 Å². The van der Waals surface area contributed by atoms with Gasteiger partial charge in [-0.15, -0.1) is 0 Å². The second-order valence-corrected chi connectivity index (χ2v) is 6.55. The first-order chi connectivity index (χ1) is 8.88. The summed E-state index contributed by atoms with van der Waals surface area (Å²) in [5.74, 6) is -0.166. The van der Waals surface area contributed by atoms with Crippen LogP contribution in [0.2, 0.25) is 0 Å². The van der Waals surface area contributed by atoms with Crippen molar-refractivity contribution in [1.29, 1.82) is 0 Å². The number of nitrogens with zero attached hydrogens (tertiary/aromatic N) is 2. The summed E-state index contributed by atoms with van der Waals surface area (Å²) in [5.41, 5.74) is 1.18. The fraction of sp³-hybridized carbons (Fsp3) is 0.625. The molecule has 1 aromatic carbocycles. The number of hydrogen-bond acceptors (Lipinski definition) is 2. The van der Waals surface area contributed by atoms with E-state index in [-0.39, 0.29) is 11.4 Å². The number of hydrogen-bond donors (Lipinski definition) is 0. The fourth-order valence-electron chi connectivity index (χ4n) is 3.00. The molecule has 0 radical (unpaired) electrons. The normalized spacial score (nSPS) is 18.6. The smallest absolute Gasteiger partial charge is 0.123 e. The lowest BCUT2D eigenvalue weighted by atomic mass is 9.95. The van der Waals surface area contributed by atoms with Gasteiger partial charge in [0.15, 0.2) is 0 Å². The molecule has 1 saturated heterocycles. The summed E-state index contributed by atoms with van der Waals surface area (Å²) in [4.78, 5) is 4.83. The molecule has 1 aliphatic heterocycles. The summed E-state index contributed by atoms with van der Waals surface area (Å²) in [6.45, 7) is 8.97. The molecule has 2 nitrogen and oxygen atoms in total. The van der Waals surface area contributed by atoms with Gasteiger partial charge in [0, 0.05) is 17.3 Å². The van der Waals surface area contributed by atoms with E-state index in [0.717, 1.165) is 18.8 Å². The van der Waals surface area contributed by atoms with Gasteiger partial charge >= 0.3 is 0 Å². The maximum Gasteiger partial charge on any atom is 0.123 e. The number of piperidine rings is 1. The third-order valence-corrected chi connectivity index (χ3v) is 3.88. The molecular formula is C16H25FN2. The van der Waals surface area contributed by atoms with Crippen LogP contribution in [0.15, 0.2) is 24.3 Å². The Balaban J connectivity index is 2.24. The van der Waals surface area contributed by atoms with Gasteiger partial charge in [-0.25, -0.2) is 4.39 Å². The van der Waals surface area contributed by atoms with Crippen LogP contribution in [0.3, 0.4) is 0 Å². The predicted molar refractivity (Wildman–Crippen MR) is 79.2 cm³/mol. The first kappa shape index (κ1) is 14.3. The van der Waals surface area contributed by atoms with E-state index in [1.807, 2.05) is 12.1 Å². The number of rotatable bonds is 2. The Morgan fingerprint density at radius 1 is 1.11 bits per heavy atom. The fourth-order valence-corrected chi connectivity index (χ4v) is 3.00. The summed E-state index contributed by atoms with van der Waals surface area (Å²) in [7, 11) is 2.18. The zero-order valence-corrected chi connectivity index (χ0v) is 12.5. The SMILES string of the molecule is CN1CCC(N(c2ccc(F)cc2)C(C)(C)C)CC1. The molecule has 0 atom stereocenters. The van der Waals surface area contributed by atoms with Gasteiger partial charge in [-0.3, -0.25) is 0 Å². The average Bonchev–Trinajstić information content (AvgIpc) is 2.33. The van der Waals surface area contributed by atoms with Gasteiger partial charge in [-0.2, -0.15) is 0 Å². The Hall–Kier alpha value is -1.09. The molecule has 3 heteroatoms. The van der Waals surface area contributed by atoms with Crippen molar-refractivity contribution in [3.05, 3.63) is 30.1 Å². The molecule has 0 aliphatic carbocycles. The molecule has 1 aromatic rings. The van der Waals surface area contributed by atoms with Gasteiger partial charge in [0.05, 0.1) is 0 Å². The van der Waals surface area contributed by atoms with Gasteiger partial charge < -0.3 is 9.80 Å². The van der Waals surface area contributed by atoms with Crippen LogP contribution in [0.4, 0.5) is 10.1 Å². The number of anilines is 1. The molecule has 0 bridgehead atoms. The van der Waals surface area contributed by atoms with Crippen molar-refractivity contribution >= 4 is 5.69 Å². The van der Waals surface area contributed by atoms with Gasteiger partial charge in [0.2, 0.25) is 0 Å². The molecule has 0 spiro atoms. The molecule has 19 heavy (non-hydrogen) atoms. The van der Waals surface area contributed by atoms with Gasteiger partial charge in [0.1, 0.15) is 5.82 Å². The zero-order chi connectivity index (χ0) is 14.0. The summed E-state index contributed by atoms with van der Waals surface area (Å²) in [6.07, 6.45) is 2.34. The van der Waals surface area contributed by atoms with Crippen LogP contribution >= 0.6 is 0 Å². The quantitative estimate of drug-likeness (QED) is 0.806. The van der Waals surface area contributed by atoms with E-state index in [2.05, 4.69) is 37.6 Å². The molecule has 1 fully saturated rings. The minimum absolute atomic E-state index is 0.0540. The summed E-state index contributed by atoms with van der Waals surface area (Å²) < 4.78 is 13.1. The van der Waals surface area contributed by atoms with E-state index in [4.69, 9.17) is 0 Å². The van der Waals surface area contributed by atoms with E-state index in [0.29, 0.717) is 6.04 Å². The third-order valence-electron chi connectivity index (χ3n) is 3.88. The van der Waals surface area contributed by atoms with E-state index in [9.17, 15) is 4.39 Å². The van der Waals surface area contributed by atoms with Crippen LogP contribution in [0.25, 0.3) is 0 Å². The van der Waals surface area contributed by atoms with Crippen molar-refractivity contribution in [2.24, 2.45) is 0 Å². The second kappa shape index (κ2) is 5.49. The molecule has 0 unspecified atom stereocenters. The lowest BCUT2D eigenvalue weighted by Gasteiger charge is -2.46. The minimum atomic E-state index is -0.166. The van der Waals surface area contributed by atoms with Crippen LogP contribution < -0.4 is 4.90 Å². The third kappa shape index (κ3) is 3.47. The Labute approximate surface area is 116 Å². The molecule has 1 heterocycles. The van der Waals surface area contributed by atoms with E-state index < -0.39 is 0 Å². The lowest BCUT2D eigenvalue weighted by Crippen LogP contribution is -2.52. The van der Waals surface area contributed by atoms with Crippen molar-refractivity contribution in [3.8, 4) is 0 Å². The van der Waals surface area contributed by atoms with Crippen molar-refractivity contribution in [3.63, 3.8) is 0 Å². The number of benzene rings is 1. The topological polar surface area (TPSA) is 6.48 Å². The maximum absolute atomic E-state index is 13.1. The van der Waals surface area contributed by atoms with Crippen molar-refractivity contribution in [1.82, 2.24) is 4.90 Å². The highest BCUT2D eigenvalue weighted by atomic mass is 19.1. The Kier molecular flexibility index (Phi) is 4.14. The first-order valence-electron chi connectivity index (χ1n) is 7.11. The highest BCUT2D eigenvalue weighted by molar-refractivity contribution is 5.49. The van der Waals surface area contributed by atoms with Crippen LogP contribution in [-0.4, -0.2) is 36.6 Å². The molecule has 2 rings (SSSR count). The van der Waals surface area contributed by atoms with E-state index >= 15 is 0 Å². The highest BCUT2D eigenvalue weighted by Crippen LogP contribution is 2.30. The Morgan fingerprint density at radius 2 is 1.63 bits per heavy atom. The number of halogens is 1. The van der Waals surface area contributed by atoms with Crippen molar-refractivity contribution in [2.75, 3.05) is 25.0 Å². The van der Waals surface area contributed by atoms with Crippen LogP contribution in [0, 0.1) is 5.82 Å². The van der Waals surface area contributed by atoms with Gasteiger partial charge in [-0.1, -0.05) is 0 Å². The van der Waals surface area contributed by atoms with Crippen LogP contribution in [0.5, 0.6) is 0 Å². The average molecular weight is 264 g/mol. The Morgan fingerprint density at radius 3 is 2.11 bits per heavy atom. The standard InChI is InChI=1S/C16H25FN2/c1-16(2,3)19(14-7-5-13(17)6-8-14)15-9-11-18(4)12-10-15/h5-8,15H,9-12H2,1-4H3. The Bertz CT molecular complexity index is 400. The summed E-state index contributed by atoms with van der Waals surface area (Å²) in [6, 6.07) is 7.46. The molecular weight excluding hydrogens is 239 g/mol. The second-order valence-electron chi connectivity index (χ2n) is 6.55. The molecule has 0 saturated carbocycles.